The van der Waals surface area contributed by atoms with Gasteiger partial charge < -0.3 is 20.3 Å². The number of nitrogens with one attached hydrogen (secondary N) is 2. The Labute approximate surface area is 170 Å². The Kier molecular flexibility index (Phi) is 10.8. The van der Waals surface area contributed by atoms with E-state index >= 15 is 0 Å². The van der Waals surface area contributed by atoms with Gasteiger partial charge >= 0.3 is 6.09 Å². The lowest BCUT2D eigenvalue weighted by Gasteiger charge is -2.34. The zero-order chi connectivity index (χ0) is 18.3. The summed E-state index contributed by atoms with van der Waals surface area (Å²) < 4.78 is 5.48. The minimum atomic E-state index is -0.443. The van der Waals surface area contributed by atoms with E-state index in [1.807, 2.05) is 25.7 Å². The lowest BCUT2D eigenvalue weighted by molar-refractivity contribution is 0.0168. The van der Waals surface area contributed by atoms with Crippen molar-refractivity contribution >= 4 is 36.0 Å². The maximum Gasteiger partial charge on any atom is 0.410 e. The molecule has 1 fully saturated rings. The van der Waals surface area contributed by atoms with Crippen molar-refractivity contribution in [2.75, 3.05) is 26.7 Å². The number of carbonyl (C=O) groups is 1. The molecule has 2 atom stereocenters. The molecule has 0 aromatic heterocycles. The van der Waals surface area contributed by atoms with Gasteiger partial charge in [0, 0.05) is 32.7 Å². The van der Waals surface area contributed by atoms with Crippen LogP contribution < -0.4 is 10.6 Å². The molecule has 0 spiro atoms. The number of amides is 1. The number of halogens is 1. The third-order valence-electron chi connectivity index (χ3n) is 4.32. The van der Waals surface area contributed by atoms with Crippen LogP contribution in [-0.2, 0) is 4.74 Å². The van der Waals surface area contributed by atoms with Gasteiger partial charge in [0.2, 0.25) is 0 Å². The van der Waals surface area contributed by atoms with Crippen molar-refractivity contribution in [3.8, 4) is 0 Å². The summed E-state index contributed by atoms with van der Waals surface area (Å²) in [7, 11) is 1.79. The number of likely N-dealkylation sites (tertiary alicyclic amines) is 1. The summed E-state index contributed by atoms with van der Waals surface area (Å²) in [5, 5.41) is 6.80. The standard InChI is InChI=1S/C18H36N4O2.HI/c1-13(2)14(3)21-16(19-7)20-11-15-9-8-10-22(12-15)17(23)24-18(4,5)6;/h13-15H,8-12H2,1-7H3,(H2,19,20,21);1H. The zero-order valence-corrected chi connectivity index (χ0v) is 19.2. The molecule has 0 saturated carbocycles. The topological polar surface area (TPSA) is 66.0 Å². The van der Waals surface area contributed by atoms with E-state index in [-0.39, 0.29) is 30.1 Å². The molecule has 25 heavy (non-hydrogen) atoms. The summed E-state index contributed by atoms with van der Waals surface area (Å²) in [6.07, 6.45) is 1.92. The van der Waals surface area contributed by atoms with E-state index in [1.54, 1.807) is 7.05 Å². The van der Waals surface area contributed by atoms with Gasteiger partial charge in [0.25, 0.3) is 0 Å². The molecule has 0 radical (unpaired) electrons. The first-order chi connectivity index (χ1) is 11.1. The predicted molar refractivity (Wildman–Crippen MR) is 115 cm³/mol. The van der Waals surface area contributed by atoms with Gasteiger partial charge in [-0.3, -0.25) is 4.99 Å². The molecule has 0 aromatic rings. The third kappa shape index (κ3) is 9.51. The first-order valence-corrected chi connectivity index (χ1v) is 9.07. The van der Waals surface area contributed by atoms with Crippen LogP contribution in [0.3, 0.4) is 0 Å². The van der Waals surface area contributed by atoms with Crippen LogP contribution in [0.2, 0.25) is 0 Å². The monoisotopic (exact) mass is 468 g/mol. The summed E-state index contributed by atoms with van der Waals surface area (Å²) in [5.41, 5.74) is -0.443. The van der Waals surface area contributed by atoms with Crippen LogP contribution in [0.5, 0.6) is 0 Å². The third-order valence-corrected chi connectivity index (χ3v) is 4.32. The van der Waals surface area contributed by atoms with E-state index < -0.39 is 5.60 Å². The second-order valence-corrected chi connectivity index (χ2v) is 8.06. The second kappa shape index (κ2) is 11.1. The smallest absolute Gasteiger partial charge is 0.410 e. The molecule has 1 aliphatic heterocycles. The fourth-order valence-electron chi connectivity index (χ4n) is 2.54. The van der Waals surface area contributed by atoms with E-state index in [0.717, 1.165) is 38.4 Å². The van der Waals surface area contributed by atoms with Gasteiger partial charge in [-0.05, 0) is 52.4 Å². The average Bonchev–Trinajstić information content (AvgIpc) is 2.49. The van der Waals surface area contributed by atoms with Crippen molar-refractivity contribution in [2.24, 2.45) is 16.8 Å². The summed E-state index contributed by atoms with van der Waals surface area (Å²) >= 11 is 0. The first kappa shape index (κ1) is 24.3. The maximum atomic E-state index is 12.2. The molecule has 7 heteroatoms. The SMILES string of the molecule is CN=C(NCC1CCCN(C(=O)OC(C)(C)C)C1)NC(C)C(C)C.I. The number of piperidine rings is 1. The van der Waals surface area contributed by atoms with Gasteiger partial charge in [0.1, 0.15) is 5.60 Å². The number of guanidine groups is 1. The summed E-state index contributed by atoms with van der Waals surface area (Å²) in [6.45, 7) is 14.6. The van der Waals surface area contributed by atoms with Crippen molar-refractivity contribution in [3.05, 3.63) is 0 Å². The molecule has 6 nitrogen and oxygen atoms in total. The van der Waals surface area contributed by atoms with Crippen LogP contribution in [0.1, 0.15) is 54.4 Å². The molecule has 1 saturated heterocycles. The summed E-state index contributed by atoms with van der Waals surface area (Å²) in [4.78, 5) is 18.3. The van der Waals surface area contributed by atoms with Crippen LogP contribution in [-0.4, -0.2) is 55.3 Å². The molecule has 2 N–H and O–H groups in total. The summed E-state index contributed by atoms with van der Waals surface area (Å²) in [5.74, 6) is 1.78. The largest absolute Gasteiger partial charge is 0.444 e. The van der Waals surface area contributed by atoms with E-state index in [1.165, 1.54) is 0 Å². The van der Waals surface area contributed by atoms with Gasteiger partial charge in [-0.15, -0.1) is 24.0 Å². The molecular formula is C18H37IN4O2. The Bertz CT molecular complexity index is 435. The Balaban J connectivity index is 0.00000576. The lowest BCUT2D eigenvalue weighted by atomic mass is 9.98. The molecule has 1 rings (SSSR count). The minimum Gasteiger partial charge on any atom is -0.444 e. The molecular weight excluding hydrogens is 431 g/mol. The van der Waals surface area contributed by atoms with Crippen LogP contribution in [0.25, 0.3) is 0 Å². The number of ether oxygens (including phenoxy) is 1. The first-order valence-electron chi connectivity index (χ1n) is 9.07. The minimum absolute atomic E-state index is 0. The summed E-state index contributed by atoms with van der Waals surface area (Å²) in [6, 6.07) is 0.362. The Morgan fingerprint density at radius 2 is 1.96 bits per heavy atom. The van der Waals surface area contributed by atoms with Gasteiger partial charge in [-0.2, -0.15) is 0 Å². The molecule has 148 valence electrons. The van der Waals surface area contributed by atoms with Gasteiger partial charge in [-0.25, -0.2) is 4.79 Å². The number of hydrogen-bond acceptors (Lipinski definition) is 3. The fourth-order valence-corrected chi connectivity index (χ4v) is 2.54. The van der Waals surface area contributed by atoms with Crippen molar-refractivity contribution in [2.45, 2.75) is 66.0 Å². The second-order valence-electron chi connectivity index (χ2n) is 8.06. The van der Waals surface area contributed by atoms with Crippen molar-refractivity contribution in [3.63, 3.8) is 0 Å². The number of aliphatic imine (C=N–C) groups is 1. The highest BCUT2D eigenvalue weighted by Gasteiger charge is 2.27. The molecule has 1 amide bonds. The van der Waals surface area contributed by atoms with Crippen molar-refractivity contribution in [1.82, 2.24) is 15.5 Å². The van der Waals surface area contributed by atoms with Crippen LogP contribution in [0.4, 0.5) is 4.79 Å². The Morgan fingerprint density at radius 3 is 2.48 bits per heavy atom. The highest BCUT2D eigenvalue weighted by atomic mass is 127. The van der Waals surface area contributed by atoms with Crippen molar-refractivity contribution in [1.29, 1.82) is 0 Å². The molecule has 1 aliphatic rings. The zero-order valence-electron chi connectivity index (χ0n) is 16.9. The normalized spacial score (nSPS) is 19.9. The average molecular weight is 468 g/mol. The van der Waals surface area contributed by atoms with E-state index in [4.69, 9.17) is 4.74 Å². The molecule has 0 aliphatic carbocycles. The number of nitrogens with zero attached hydrogens (tertiary/aromatic N) is 2. The van der Waals surface area contributed by atoms with Crippen molar-refractivity contribution < 1.29 is 9.53 Å². The highest BCUT2D eigenvalue weighted by Crippen LogP contribution is 2.18. The molecule has 0 bridgehead atoms. The van der Waals surface area contributed by atoms with Gasteiger partial charge in [0.05, 0.1) is 0 Å². The van der Waals surface area contributed by atoms with Gasteiger partial charge in [0.15, 0.2) is 5.96 Å². The van der Waals surface area contributed by atoms with Crippen LogP contribution >= 0.6 is 24.0 Å². The fraction of sp³-hybridized carbons (Fsp3) is 0.889. The van der Waals surface area contributed by atoms with E-state index in [2.05, 4.69) is 36.4 Å². The Morgan fingerprint density at radius 1 is 1.32 bits per heavy atom. The molecule has 2 unspecified atom stereocenters. The Hall–Kier alpha value is -0.730. The number of hydrogen-bond donors (Lipinski definition) is 2. The molecule has 1 heterocycles. The molecule has 0 aromatic carbocycles. The van der Waals surface area contributed by atoms with Crippen LogP contribution in [0.15, 0.2) is 4.99 Å². The number of rotatable bonds is 4. The highest BCUT2D eigenvalue weighted by molar-refractivity contribution is 14.0. The van der Waals surface area contributed by atoms with E-state index in [9.17, 15) is 4.79 Å². The quantitative estimate of drug-likeness (QED) is 0.377. The predicted octanol–water partition coefficient (Wildman–Crippen LogP) is 3.46. The maximum absolute atomic E-state index is 12.2. The van der Waals surface area contributed by atoms with Gasteiger partial charge in [-0.1, -0.05) is 13.8 Å². The lowest BCUT2D eigenvalue weighted by Crippen LogP contribution is -2.49. The number of carbonyl (C=O) groups excluding carboxylic acids is 1. The van der Waals surface area contributed by atoms with Crippen LogP contribution in [0, 0.1) is 11.8 Å². The van der Waals surface area contributed by atoms with E-state index in [0.29, 0.717) is 17.9 Å².